The Labute approximate surface area is 190 Å². The van der Waals surface area contributed by atoms with Gasteiger partial charge in [0.25, 0.3) is 0 Å². The molecule has 2 heterocycles. The van der Waals surface area contributed by atoms with Gasteiger partial charge in [-0.05, 0) is 18.4 Å². The summed E-state index contributed by atoms with van der Waals surface area (Å²) in [6.07, 6.45) is 1.15. The summed E-state index contributed by atoms with van der Waals surface area (Å²) in [4.78, 5) is 6.85. The van der Waals surface area contributed by atoms with Crippen LogP contribution in [0.1, 0.15) is 26.0 Å². The van der Waals surface area contributed by atoms with Gasteiger partial charge in [-0.15, -0.1) is 24.0 Å². The number of nitrogens with zero attached hydrogens (tertiary/aromatic N) is 3. The van der Waals surface area contributed by atoms with Crippen LogP contribution in [0, 0.1) is 5.92 Å². The molecule has 1 aliphatic heterocycles. The van der Waals surface area contributed by atoms with Crippen molar-refractivity contribution in [2.24, 2.45) is 18.0 Å². The number of nitrogens with one attached hydrogen (secondary N) is 2. The quantitative estimate of drug-likeness (QED) is 0.322. The average Bonchev–Trinajstić information content (AvgIpc) is 2.88. The van der Waals surface area contributed by atoms with Gasteiger partial charge >= 0.3 is 0 Å². The van der Waals surface area contributed by atoms with Crippen LogP contribution in [-0.4, -0.2) is 61.4 Å². The van der Waals surface area contributed by atoms with E-state index in [9.17, 15) is 0 Å². The molecule has 0 spiro atoms. The fraction of sp³-hybridized carbons (Fsp3) is 0.722. The zero-order chi connectivity index (χ0) is 19.1. The Morgan fingerprint density at radius 1 is 1.26 bits per heavy atom. The Morgan fingerprint density at radius 3 is 2.44 bits per heavy atom. The molecule has 9 heteroatoms. The number of halogens is 3. The Hall–Kier alpha value is -0.220. The van der Waals surface area contributed by atoms with Gasteiger partial charge in [0.15, 0.2) is 5.96 Å². The van der Waals surface area contributed by atoms with E-state index in [1.807, 2.05) is 17.7 Å². The van der Waals surface area contributed by atoms with Crippen molar-refractivity contribution in [3.63, 3.8) is 0 Å². The van der Waals surface area contributed by atoms with Gasteiger partial charge in [-0.3, -0.25) is 9.89 Å². The zero-order valence-electron chi connectivity index (χ0n) is 16.6. The number of hydrogen-bond donors (Lipinski definition) is 2. The molecular weight excluding hydrogens is 500 g/mol. The molecule has 0 saturated carbocycles. The summed E-state index contributed by atoms with van der Waals surface area (Å²) >= 11 is 12.2. The first kappa shape index (κ1) is 24.8. The second-order valence-corrected chi connectivity index (χ2v) is 7.84. The molecule has 0 radical (unpaired) electrons. The fourth-order valence-electron chi connectivity index (χ4n) is 3.22. The molecule has 156 valence electrons. The molecule has 27 heavy (non-hydrogen) atoms. The highest BCUT2D eigenvalue weighted by Crippen LogP contribution is 2.24. The van der Waals surface area contributed by atoms with E-state index in [2.05, 4.69) is 34.4 Å². The summed E-state index contributed by atoms with van der Waals surface area (Å²) in [6.45, 7) is 9.61. The van der Waals surface area contributed by atoms with E-state index in [1.165, 1.54) is 0 Å². The molecule has 2 rings (SSSR count). The van der Waals surface area contributed by atoms with E-state index < -0.39 is 0 Å². The summed E-state index contributed by atoms with van der Waals surface area (Å²) in [6, 6.07) is 2.34. The summed E-state index contributed by atoms with van der Waals surface area (Å²) in [7, 11) is 3.69. The number of aromatic nitrogens is 1. The van der Waals surface area contributed by atoms with Crippen LogP contribution in [0.4, 0.5) is 0 Å². The summed E-state index contributed by atoms with van der Waals surface area (Å²) < 4.78 is 7.36. The van der Waals surface area contributed by atoms with Gasteiger partial charge in [0.05, 0.1) is 24.8 Å². The Kier molecular flexibility index (Phi) is 11.4. The molecule has 0 aromatic carbocycles. The van der Waals surface area contributed by atoms with E-state index in [0.717, 1.165) is 50.9 Å². The third-order valence-corrected chi connectivity index (χ3v) is 5.53. The van der Waals surface area contributed by atoms with Crippen molar-refractivity contribution < 1.29 is 4.74 Å². The van der Waals surface area contributed by atoms with Crippen LogP contribution < -0.4 is 10.6 Å². The first-order chi connectivity index (χ1) is 12.4. The standard InChI is InChI=1S/C18H31Cl2N5O.HI/c1-13(2)9-15(25-5-7-26-8-6-25)12-23-18(21-3)22-11-14-10-16(19)17(20)24(14)4;/h10,13,15H,5-9,11-12H2,1-4H3,(H2,21,22,23);1H. The van der Waals surface area contributed by atoms with E-state index in [-0.39, 0.29) is 24.0 Å². The van der Waals surface area contributed by atoms with E-state index in [0.29, 0.717) is 28.7 Å². The fourth-order valence-corrected chi connectivity index (χ4v) is 3.63. The topological polar surface area (TPSA) is 53.8 Å². The number of hydrogen-bond acceptors (Lipinski definition) is 3. The molecule has 1 aromatic heterocycles. The first-order valence-electron chi connectivity index (χ1n) is 9.18. The van der Waals surface area contributed by atoms with Gasteiger partial charge < -0.3 is 19.9 Å². The van der Waals surface area contributed by atoms with Crippen molar-refractivity contribution in [1.82, 2.24) is 20.1 Å². The number of ether oxygens (including phenoxy) is 1. The maximum absolute atomic E-state index is 6.13. The van der Waals surface area contributed by atoms with Gasteiger partial charge in [0.2, 0.25) is 0 Å². The van der Waals surface area contributed by atoms with Crippen molar-refractivity contribution in [2.75, 3.05) is 39.9 Å². The minimum absolute atomic E-state index is 0. The third kappa shape index (κ3) is 7.61. The van der Waals surface area contributed by atoms with Crippen LogP contribution in [0.2, 0.25) is 10.2 Å². The lowest BCUT2D eigenvalue weighted by Gasteiger charge is -2.35. The van der Waals surface area contributed by atoms with Gasteiger partial charge in [-0.25, -0.2) is 0 Å². The highest BCUT2D eigenvalue weighted by Gasteiger charge is 2.22. The minimum Gasteiger partial charge on any atom is -0.379 e. The lowest BCUT2D eigenvalue weighted by molar-refractivity contribution is 0.0132. The van der Waals surface area contributed by atoms with E-state index in [1.54, 1.807) is 7.05 Å². The Balaban J connectivity index is 0.00000364. The monoisotopic (exact) mass is 531 g/mol. The van der Waals surface area contributed by atoms with E-state index in [4.69, 9.17) is 27.9 Å². The van der Waals surface area contributed by atoms with Crippen LogP contribution in [0.15, 0.2) is 11.1 Å². The lowest BCUT2D eigenvalue weighted by atomic mass is 10.0. The number of morpholine rings is 1. The highest BCUT2D eigenvalue weighted by molar-refractivity contribution is 14.0. The average molecular weight is 532 g/mol. The lowest BCUT2D eigenvalue weighted by Crippen LogP contribution is -2.51. The second-order valence-electron chi connectivity index (χ2n) is 7.07. The Bertz CT molecular complexity index is 603. The highest BCUT2D eigenvalue weighted by atomic mass is 127. The van der Waals surface area contributed by atoms with Crippen molar-refractivity contribution >= 4 is 53.1 Å². The van der Waals surface area contributed by atoms with Crippen molar-refractivity contribution in [2.45, 2.75) is 32.9 Å². The van der Waals surface area contributed by atoms with Crippen molar-refractivity contribution in [3.05, 3.63) is 21.9 Å². The second kappa shape index (κ2) is 12.4. The molecule has 2 N–H and O–H groups in total. The molecule has 1 aliphatic rings. The zero-order valence-corrected chi connectivity index (χ0v) is 20.4. The molecule has 1 fully saturated rings. The largest absolute Gasteiger partial charge is 0.379 e. The van der Waals surface area contributed by atoms with Gasteiger partial charge in [0, 0.05) is 45.5 Å². The SMILES string of the molecule is CN=C(NCc1cc(Cl)c(Cl)n1C)NCC(CC(C)C)N1CCOCC1.I. The molecule has 1 unspecified atom stereocenters. The summed E-state index contributed by atoms with van der Waals surface area (Å²) in [5.41, 5.74) is 1.01. The molecular formula is C18H32Cl2IN5O. The first-order valence-corrected chi connectivity index (χ1v) is 9.93. The van der Waals surface area contributed by atoms with Gasteiger partial charge in [-0.2, -0.15) is 0 Å². The van der Waals surface area contributed by atoms with Crippen molar-refractivity contribution in [1.29, 1.82) is 0 Å². The predicted octanol–water partition coefficient (Wildman–Crippen LogP) is 3.36. The molecule has 0 aliphatic carbocycles. The maximum atomic E-state index is 6.13. The normalized spacial score (nSPS) is 16.9. The molecule has 6 nitrogen and oxygen atoms in total. The van der Waals surface area contributed by atoms with Crippen LogP contribution in [0.25, 0.3) is 0 Å². The molecule has 1 aromatic rings. The minimum atomic E-state index is 0. The van der Waals surface area contributed by atoms with Crippen molar-refractivity contribution in [3.8, 4) is 0 Å². The molecule has 1 saturated heterocycles. The van der Waals surface area contributed by atoms with E-state index >= 15 is 0 Å². The van der Waals surface area contributed by atoms with Gasteiger partial charge in [0.1, 0.15) is 5.15 Å². The smallest absolute Gasteiger partial charge is 0.191 e. The predicted molar refractivity (Wildman–Crippen MR) is 125 cm³/mol. The summed E-state index contributed by atoms with van der Waals surface area (Å²) in [5, 5.41) is 7.92. The Morgan fingerprint density at radius 2 is 1.93 bits per heavy atom. The van der Waals surface area contributed by atoms with Crippen LogP contribution in [-0.2, 0) is 18.3 Å². The maximum Gasteiger partial charge on any atom is 0.191 e. The van der Waals surface area contributed by atoms with Gasteiger partial charge in [-0.1, -0.05) is 37.0 Å². The number of guanidine groups is 1. The number of rotatable bonds is 7. The van der Waals surface area contributed by atoms with Crippen LogP contribution in [0.5, 0.6) is 0 Å². The summed E-state index contributed by atoms with van der Waals surface area (Å²) in [5.74, 6) is 1.42. The number of aliphatic imine (C=N–C) groups is 1. The molecule has 1 atom stereocenters. The molecule has 0 bridgehead atoms. The van der Waals surface area contributed by atoms with Crippen LogP contribution >= 0.6 is 47.2 Å². The third-order valence-electron chi connectivity index (χ3n) is 4.69. The molecule has 0 amide bonds. The van der Waals surface area contributed by atoms with Crippen LogP contribution in [0.3, 0.4) is 0 Å².